The molecule has 0 unspecified atom stereocenters. The van der Waals surface area contributed by atoms with Gasteiger partial charge in [0.2, 0.25) is 0 Å². The number of methoxy groups -OCH3 is 2. The molecule has 0 spiro atoms. The standard InChI is InChI=1S/C19H24O5S/c1-11-8-15(9-12(2)17(11)22-5)16-10-13(3)18(23-6)14(4)19(16)25(20,21)24-7/h8-10H,1-7H3. The fourth-order valence-corrected chi connectivity index (χ4v) is 4.39. The minimum atomic E-state index is -3.91. The molecule has 0 fully saturated rings. The molecule has 25 heavy (non-hydrogen) atoms. The highest BCUT2D eigenvalue weighted by Crippen LogP contribution is 2.40. The molecule has 0 amide bonds. The number of aryl methyl sites for hydroxylation is 3. The van der Waals surface area contributed by atoms with Gasteiger partial charge in [0, 0.05) is 11.1 Å². The van der Waals surface area contributed by atoms with Crippen molar-refractivity contribution in [3.05, 3.63) is 40.5 Å². The molecule has 0 radical (unpaired) electrons. The summed E-state index contributed by atoms with van der Waals surface area (Å²) in [6.07, 6.45) is 0. The van der Waals surface area contributed by atoms with E-state index in [9.17, 15) is 8.42 Å². The summed E-state index contributed by atoms with van der Waals surface area (Å²) < 4.78 is 40.8. The first-order chi connectivity index (χ1) is 11.7. The Morgan fingerprint density at radius 2 is 1.24 bits per heavy atom. The largest absolute Gasteiger partial charge is 0.496 e. The Bertz CT molecular complexity index is 891. The zero-order valence-corrected chi connectivity index (χ0v) is 16.5. The highest BCUT2D eigenvalue weighted by molar-refractivity contribution is 7.87. The summed E-state index contributed by atoms with van der Waals surface area (Å²) in [4.78, 5) is 0.126. The van der Waals surface area contributed by atoms with Crippen LogP contribution in [0.2, 0.25) is 0 Å². The van der Waals surface area contributed by atoms with Crippen molar-refractivity contribution in [1.82, 2.24) is 0 Å². The number of hydrogen-bond acceptors (Lipinski definition) is 5. The van der Waals surface area contributed by atoms with Gasteiger partial charge in [-0.2, -0.15) is 8.42 Å². The van der Waals surface area contributed by atoms with Crippen LogP contribution in [0.1, 0.15) is 22.3 Å². The van der Waals surface area contributed by atoms with E-state index >= 15 is 0 Å². The minimum absolute atomic E-state index is 0.126. The Kier molecular flexibility index (Phi) is 5.44. The zero-order chi connectivity index (χ0) is 18.9. The second kappa shape index (κ2) is 7.06. The van der Waals surface area contributed by atoms with E-state index in [0.717, 1.165) is 35.1 Å². The third-order valence-corrected chi connectivity index (χ3v) is 5.76. The van der Waals surface area contributed by atoms with E-state index < -0.39 is 10.1 Å². The van der Waals surface area contributed by atoms with Crippen molar-refractivity contribution in [3.8, 4) is 22.6 Å². The monoisotopic (exact) mass is 364 g/mol. The van der Waals surface area contributed by atoms with Gasteiger partial charge in [-0.1, -0.05) is 0 Å². The Morgan fingerprint density at radius 3 is 1.68 bits per heavy atom. The van der Waals surface area contributed by atoms with Crippen molar-refractivity contribution in [3.63, 3.8) is 0 Å². The summed E-state index contributed by atoms with van der Waals surface area (Å²) >= 11 is 0. The van der Waals surface area contributed by atoms with E-state index in [1.165, 1.54) is 7.11 Å². The molecule has 0 saturated carbocycles. The Labute approximate surface area is 149 Å². The van der Waals surface area contributed by atoms with Crippen LogP contribution in [-0.2, 0) is 14.3 Å². The molecule has 0 bridgehead atoms. The number of benzene rings is 2. The zero-order valence-electron chi connectivity index (χ0n) is 15.7. The van der Waals surface area contributed by atoms with Crippen LogP contribution >= 0.6 is 0 Å². The van der Waals surface area contributed by atoms with Crippen LogP contribution in [0.4, 0.5) is 0 Å². The van der Waals surface area contributed by atoms with Gasteiger partial charge in [-0.3, -0.25) is 4.18 Å². The van der Waals surface area contributed by atoms with Gasteiger partial charge in [0.1, 0.15) is 16.4 Å². The van der Waals surface area contributed by atoms with E-state index in [1.807, 2.05) is 39.0 Å². The molecule has 0 aliphatic carbocycles. The third kappa shape index (κ3) is 3.37. The second-order valence-corrected chi connectivity index (χ2v) is 7.64. The molecular weight excluding hydrogens is 340 g/mol. The lowest BCUT2D eigenvalue weighted by Gasteiger charge is -2.19. The summed E-state index contributed by atoms with van der Waals surface area (Å²) in [5.74, 6) is 1.34. The Hall–Kier alpha value is -2.05. The summed E-state index contributed by atoms with van der Waals surface area (Å²) in [6, 6.07) is 5.65. The number of rotatable bonds is 5. The fraction of sp³-hybridized carbons (Fsp3) is 0.368. The van der Waals surface area contributed by atoms with E-state index in [0.29, 0.717) is 16.9 Å². The van der Waals surface area contributed by atoms with Crippen molar-refractivity contribution < 1.29 is 22.1 Å². The molecule has 2 rings (SSSR count). The second-order valence-electron chi connectivity index (χ2n) is 5.99. The maximum atomic E-state index is 12.6. The third-order valence-electron chi connectivity index (χ3n) is 4.29. The molecule has 0 saturated heterocycles. The minimum Gasteiger partial charge on any atom is -0.496 e. The van der Waals surface area contributed by atoms with Crippen molar-refractivity contribution in [2.24, 2.45) is 0 Å². The van der Waals surface area contributed by atoms with Gasteiger partial charge in [0.05, 0.1) is 21.3 Å². The molecule has 6 heteroatoms. The van der Waals surface area contributed by atoms with Gasteiger partial charge in [-0.15, -0.1) is 0 Å². The van der Waals surface area contributed by atoms with E-state index in [1.54, 1.807) is 14.0 Å². The number of hydrogen-bond donors (Lipinski definition) is 0. The smallest absolute Gasteiger partial charge is 0.297 e. The summed E-state index contributed by atoms with van der Waals surface area (Å²) in [5.41, 5.74) is 4.64. The van der Waals surface area contributed by atoms with Crippen LogP contribution in [0, 0.1) is 27.7 Å². The van der Waals surface area contributed by atoms with Crippen LogP contribution in [0.3, 0.4) is 0 Å². The molecule has 0 aliphatic heterocycles. The first-order valence-electron chi connectivity index (χ1n) is 7.82. The average molecular weight is 364 g/mol. The Morgan fingerprint density at radius 1 is 0.760 bits per heavy atom. The van der Waals surface area contributed by atoms with Gasteiger partial charge >= 0.3 is 0 Å². The van der Waals surface area contributed by atoms with Gasteiger partial charge in [-0.25, -0.2) is 0 Å². The molecule has 2 aromatic rings. The quantitative estimate of drug-likeness (QED) is 0.752. The van der Waals surface area contributed by atoms with Crippen LogP contribution in [0.25, 0.3) is 11.1 Å². The van der Waals surface area contributed by atoms with Gasteiger partial charge in [0.15, 0.2) is 0 Å². The molecule has 0 aromatic heterocycles. The molecule has 2 aromatic carbocycles. The van der Waals surface area contributed by atoms with Gasteiger partial charge in [-0.05, 0) is 68.1 Å². The first-order valence-corrected chi connectivity index (χ1v) is 9.23. The topological polar surface area (TPSA) is 61.8 Å². The van der Waals surface area contributed by atoms with Crippen LogP contribution in [0.15, 0.2) is 23.1 Å². The maximum absolute atomic E-state index is 12.6. The number of ether oxygens (including phenoxy) is 2. The van der Waals surface area contributed by atoms with Crippen LogP contribution in [-0.4, -0.2) is 29.7 Å². The van der Waals surface area contributed by atoms with Gasteiger partial charge < -0.3 is 9.47 Å². The first kappa shape index (κ1) is 19.3. The highest BCUT2D eigenvalue weighted by atomic mass is 32.2. The summed E-state index contributed by atoms with van der Waals surface area (Å²) in [7, 11) is 0.403. The lowest BCUT2D eigenvalue weighted by molar-refractivity contribution is 0.392. The fourth-order valence-electron chi connectivity index (χ4n) is 3.31. The van der Waals surface area contributed by atoms with Gasteiger partial charge in [0.25, 0.3) is 10.1 Å². The van der Waals surface area contributed by atoms with Crippen molar-refractivity contribution in [1.29, 1.82) is 0 Å². The van der Waals surface area contributed by atoms with Crippen LogP contribution in [0.5, 0.6) is 11.5 Å². The summed E-state index contributed by atoms with van der Waals surface area (Å²) in [6.45, 7) is 7.48. The SMILES string of the molecule is COc1c(C)cc(-c2cc(C)c(OC)c(C)c2S(=O)(=O)OC)cc1C. The van der Waals surface area contributed by atoms with Crippen molar-refractivity contribution >= 4 is 10.1 Å². The average Bonchev–Trinajstić information content (AvgIpc) is 2.54. The van der Waals surface area contributed by atoms with E-state index in [-0.39, 0.29) is 4.90 Å². The molecular formula is C19H24O5S. The molecule has 0 heterocycles. The summed E-state index contributed by atoms with van der Waals surface area (Å²) in [5, 5.41) is 0. The molecule has 0 aliphatic rings. The van der Waals surface area contributed by atoms with Crippen LogP contribution < -0.4 is 9.47 Å². The Balaban J connectivity index is 2.91. The van der Waals surface area contributed by atoms with E-state index in [2.05, 4.69) is 0 Å². The normalized spacial score (nSPS) is 11.5. The predicted molar refractivity (Wildman–Crippen MR) is 98.1 cm³/mol. The lowest BCUT2D eigenvalue weighted by atomic mass is 9.96. The molecule has 5 nitrogen and oxygen atoms in total. The predicted octanol–water partition coefficient (Wildman–Crippen LogP) is 3.94. The molecule has 136 valence electrons. The molecule has 0 N–H and O–H groups in total. The van der Waals surface area contributed by atoms with E-state index in [4.69, 9.17) is 13.7 Å². The highest BCUT2D eigenvalue weighted by Gasteiger charge is 2.26. The maximum Gasteiger partial charge on any atom is 0.297 e. The van der Waals surface area contributed by atoms with Crippen molar-refractivity contribution in [2.45, 2.75) is 32.6 Å². The molecule has 0 atom stereocenters. The lowest BCUT2D eigenvalue weighted by Crippen LogP contribution is -2.09. The van der Waals surface area contributed by atoms with Crippen molar-refractivity contribution in [2.75, 3.05) is 21.3 Å².